The van der Waals surface area contributed by atoms with Crippen LogP contribution in [0.3, 0.4) is 0 Å². The molecule has 0 aromatic carbocycles. The van der Waals surface area contributed by atoms with Crippen molar-refractivity contribution in [1.82, 2.24) is 4.31 Å². The molecular formula is C7H14N2O3S. The maximum atomic E-state index is 11.5. The van der Waals surface area contributed by atoms with Crippen LogP contribution in [0.1, 0.15) is 20.3 Å². The van der Waals surface area contributed by atoms with E-state index in [0.717, 1.165) is 0 Å². The molecule has 5 nitrogen and oxygen atoms in total. The van der Waals surface area contributed by atoms with Gasteiger partial charge in [-0.05, 0) is 20.3 Å². The van der Waals surface area contributed by atoms with Crippen LogP contribution in [0.4, 0.5) is 0 Å². The Labute approximate surface area is 77.9 Å². The standard InChI is InChI=1S/C7H14N2O3S/c1-5(2)13(11,12)9-4-3-6(9)7(8)10/h5-6H,3-4H2,1-2H3,(H2,8,10). The second kappa shape index (κ2) is 3.26. The maximum Gasteiger partial charge on any atom is 0.235 e. The van der Waals surface area contributed by atoms with Gasteiger partial charge in [0.15, 0.2) is 0 Å². The van der Waals surface area contributed by atoms with Crippen molar-refractivity contribution in [2.75, 3.05) is 6.54 Å². The molecule has 0 bridgehead atoms. The molecule has 0 saturated carbocycles. The molecule has 1 rings (SSSR count). The number of nitrogens with two attached hydrogens (primary N) is 1. The molecule has 0 spiro atoms. The highest BCUT2D eigenvalue weighted by Gasteiger charge is 2.42. The molecule has 1 saturated heterocycles. The Morgan fingerprint density at radius 3 is 2.31 bits per heavy atom. The zero-order chi connectivity index (χ0) is 10.2. The second-order valence-corrected chi connectivity index (χ2v) is 5.85. The lowest BCUT2D eigenvalue weighted by Crippen LogP contribution is -2.58. The lowest BCUT2D eigenvalue weighted by Gasteiger charge is -2.38. The van der Waals surface area contributed by atoms with Gasteiger partial charge in [0.25, 0.3) is 0 Å². The zero-order valence-corrected chi connectivity index (χ0v) is 8.54. The second-order valence-electron chi connectivity index (χ2n) is 3.41. The summed E-state index contributed by atoms with van der Waals surface area (Å²) in [5.41, 5.74) is 5.04. The van der Waals surface area contributed by atoms with Crippen LogP contribution in [0.2, 0.25) is 0 Å². The SMILES string of the molecule is CC(C)S(=O)(=O)N1CCC1C(N)=O. The van der Waals surface area contributed by atoms with Crippen molar-refractivity contribution >= 4 is 15.9 Å². The van der Waals surface area contributed by atoms with Gasteiger partial charge in [-0.15, -0.1) is 0 Å². The molecule has 1 unspecified atom stereocenters. The van der Waals surface area contributed by atoms with Crippen molar-refractivity contribution in [2.24, 2.45) is 5.73 Å². The quantitative estimate of drug-likeness (QED) is 0.662. The fourth-order valence-electron chi connectivity index (χ4n) is 1.22. The fraction of sp³-hybridized carbons (Fsp3) is 0.857. The topological polar surface area (TPSA) is 80.5 Å². The molecule has 6 heteroatoms. The first-order valence-corrected chi connectivity index (χ1v) is 5.67. The molecule has 0 aliphatic carbocycles. The minimum Gasteiger partial charge on any atom is -0.368 e. The number of primary amides is 1. The van der Waals surface area contributed by atoms with Crippen LogP contribution in [0.5, 0.6) is 0 Å². The Morgan fingerprint density at radius 2 is 2.08 bits per heavy atom. The van der Waals surface area contributed by atoms with Crippen molar-refractivity contribution < 1.29 is 13.2 Å². The summed E-state index contributed by atoms with van der Waals surface area (Å²) >= 11 is 0. The van der Waals surface area contributed by atoms with Crippen LogP contribution in [-0.4, -0.2) is 36.5 Å². The van der Waals surface area contributed by atoms with Crippen molar-refractivity contribution in [2.45, 2.75) is 31.6 Å². The average molecular weight is 206 g/mol. The van der Waals surface area contributed by atoms with Gasteiger partial charge in [0.05, 0.1) is 5.25 Å². The van der Waals surface area contributed by atoms with Gasteiger partial charge in [-0.2, -0.15) is 4.31 Å². The van der Waals surface area contributed by atoms with E-state index in [9.17, 15) is 13.2 Å². The number of sulfonamides is 1. The monoisotopic (exact) mass is 206 g/mol. The zero-order valence-electron chi connectivity index (χ0n) is 7.73. The van der Waals surface area contributed by atoms with Crippen LogP contribution in [0.15, 0.2) is 0 Å². The molecule has 1 fully saturated rings. The van der Waals surface area contributed by atoms with E-state index in [0.29, 0.717) is 13.0 Å². The number of carbonyl (C=O) groups is 1. The van der Waals surface area contributed by atoms with Crippen molar-refractivity contribution in [1.29, 1.82) is 0 Å². The molecule has 0 radical (unpaired) electrons. The third-order valence-electron chi connectivity index (χ3n) is 2.22. The smallest absolute Gasteiger partial charge is 0.235 e. The summed E-state index contributed by atoms with van der Waals surface area (Å²) in [7, 11) is -3.30. The highest BCUT2D eigenvalue weighted by molar-refractivity contribution is 7.89. The first-order valence-electron chi connectivity index (χ1n) is 4.17. The summed E-state index contributed by atoms with van der Waals surface area (Å²) in [6.07, 6.45) is 0.543. The number of hydrogen-bond donors (Lipinski definition) is 1. The van der Waals surface area contributed by atoms with E-state index in [4.69, 9.17) is 5.73 Å². The van der Waals surface area contributed by atoms with Crippen molar-refractivity contribution in [3.8, 4) is 0 Å². The van der Waals surface area contributed by atoms with Gasteiger partial charge in [0.2, 0.25) is 15.9 Å². The Hall–Kier alpha value is -0.620. The maximum absolute atomic E-state index is 11.5. The molecule has 13 heavy (non-hydrogen) atoms. The van der Waals surface area contributed by atoms with Gasteiger partial charge >= 0.3 is 0 Å². The summed E-state index contributed by atoms with van der Waals surface area (Å²) in [5, 5.41) is -0.491. The van der Waals surface area contributed by atoms with Gasteiger partial charge in [-0.1, -0.05) is 0 Å². The van der Waals surface area contributed by atoms with Gasteiger partial charge < -0.3 is 5.73 Å². The molecule has 1 amide bonds. The van der Waals surface area contributed by atoms with Crippen LogP contribution in [-0.2, 0) is 14.8 Å². The van der Waals surface area contributed by atoms with Gasteiger partial charge in [0.1, 0.15) is 6.04 Å². The number of hydrogen-bond acceptors (Lipinski definition) is 3. The summed E-state index contributed by atoms with van der Waals surface area (Å²) in [4.78, 5) is 10.8. The average Bonchev–Trinajstić information content (AvgIpc) is 1.80. The third-order valence-corrected chi connectivity index (χ3v) is 4.50. The number of carbonyl (C=O) groups excluding carboxylic acids is 1. The number of amides is 1. The lowest BCUT2D eigenvalue weighted by atomic mass is 10.1. The minimum absolute atomic E-state index is 0.411. The van der Waals surface area contributed by atoms with Crippen LogP contribution >= 0.6 is 0 Å². The van der Waals surface area contributed by atoms with Crippen LogP contribution < -0.4 is 5.73 Å². The highest BCUT2D eigenvalue weighted by Crippen LogP contribution is 2.23. The molecular weight excluding hydrogens is 192 g/mol. The van der Waals surface area contributed by atoms with Gasteiger partial charge in [0, 0.05) is 6.54 Å². The molecule has 2 N–H and O–H groups in total. The fourth-order valence-corrected chi connectivity index (χ4v) is 2.69. The van der Waals surface area contributed by atoms with E-state index in [1.54, 1.807) is 13.8 Å². The largest absolute Gasteiger partial charge is 0.368 e. The first kappa shape index (κ1) is 10.5. The molecule has 0 aromatic heterocycles. The summed E-state index contributed by atoms with van der Waals surface area (Å²) in [6.45, 7) is 3.59. The van der Waals surface area contributed by atoms with Crippen LogP contribution in [0.25, 0.3) is 0 Å². The number of rotatable bonds is 3. The predicted octanol–water partition coefficient (Wildman–Crippen LogP) is -0.716. The minimum atomic E-state index is -3.30. The summed E-state index contributed by atoms with van der Waals surface area (Å²) < 4.78 is 24.3. The molecule has 0 aromatic rings. The molecule has 1 aliphatic heterocycles. The van der Waals surface area contributed by atoms with E-state index in [1.807, 2.05) is 0 Å². The van der Waals surface area contributed by atoms with E-state index < -0.39 is 27.2 Å². The van der Waals surface area contributed by atoms with E-state index in [2.05, 4.69) is 0 Å². The predicted molar refractivity (Wildman–Crippen MR) is 48.4 cm³/mol. The van der Waals surface area contributed by atoms with Crippen molar-refractivity contribution in [3.05, 3.63) is 0 Å². The summed E-state index contributed by atoms with van der Waals surface area (Å²) in [6, 6.07) is -0.618. The molecule has 1 heterocycles. The normalized spacial score (nSPS) is 24.4. The van der Waals surface area contributed by atoms with E-state index in [1.165, 1.54) is 4.31 Å². The van der Waals surface area contributed by atoms with Crippen molar-refractivity contribution in [3.63, 3.8) is 0 Å². The Kier molecular flexibility index (Phi) is 2.63. The number of nitrogens with zero attached hydrogens (tertiary/aromatic N) is 1. The van der Waals surface area contributed by atoms with Crippen LogP contribution in [0, 0.1) is 0 Å². The molecule has 76 valence electrons. The Bertz CT molecular complexity index is 310. The first-order chi connectivity index (χ1) is 5.87. The molecule has 1 aliphatic rings. The lowest BCUT2D eigenvalue weighted by molar-refractivity contribution is -0.124. The Morgan fingerprint density at radius 1 is 1.54 bits per heavy atom. The van der Waals surface area contributed by atoms with E-state index >= 15 is 0 Å². The van der Waals surface area contributed by atoms with Gasteiger partial charge in [-0.3, -0.25) is 4.79 Å². The Balaban J connectivity index is 2.80. The highest BCUT2D eigenvalue weighted by atomic mass is 32.2. The van der Waals surface area contributed by atoms with Gasteiger partial charge in [-0.25, -0.2) is 8.42 Å². The van der Waals surface area contributed by atoms with E-state index in [-0.39, 0.29) is 0 Å². The molecule has 1 atom stereocenters. The summed E-state index contributed by atoms with van der Waals surface area (Å²) in [5.74, 6) is -0.560. The third kappa shape index (κ3) is 1.68.